The maximum Gasteiger partial charge on any atom is 0.222 e. The molecular formula is C29H28N4O+2. The minimum Gasteiger partial charge on any atom is -0.477 e. The maximum atomic E-state index is 6.14. The second kappa shape index (κ2) is 10.2. The molecule has 0 spiro atoms. The van der Waals surface area contributed by atoms with E-state index in [2.05, 4.69) is 76.4 Å². The first-order chi connectivity index (χ1) is 16.8. The predicted octanol–water partition coefficient (Wildman–Crippen LogP) is 4.53. The standard InChI is InChI=1S/C29H26N4O/c30-20-21-11-13-23(14-12-21)28-25(22-7-2-1-3-8-22)19-26-27(33-28)15-17-32-29(26)34-18-6-10-24-9-4-5-16-31-24/h1-5,7-9,11-17,19H,6,10,18,20,30H2/p+2. The van der Waals surface area contributed by atoms with Crippen molar-refractivity contribution in [1.82, 2.24) is 9.97 Å². The van der Waals surface area contributed by atoms with Gasteiger partial charge in [0.1, 0.15) is 0 Å². The normalized spacial score (nSPS) is 11.0. The molecule has 3 aromatic heterocycles. The van der Waals surface area contributed by atoms with Crippen molar-refractivity contribution >= 4 is 10.9 Å². The number of benzene rings is 2. The fourth-order valence-corrected chi connectivity index (χ4v) is 4.09. The summed E-state index contributed by atoms with van der Waals surface area (Å²) in [6, 6.07) is 29.1. The number of aromatic nitrogens is 3. The van der Waals surface area contributed by atoms with Crippen molar-refractivity contribution in [2.24, 2.45) is 0 Å². The van der Waals surface area contributed by atoms with Gasteiger partial charge in [0, 0.05) is 41.4 Å². The van der Waals surface area contributed by atoms with Crippen molar-refractivity contribution in [3.8, 4) is 28.3 Å². The van der Waals surface area contributed by atoms with Crippen molar-refractivity contribution in [2.45, 2.75) is 19.4 Å². The monoisotopic (exact) mass is 448 g/mol. The van der Waals surface area contributed by atoms with Gasteiger partial charge >= 0.3 is 0 Å². The first-order valence-corrected chi connectivity index (χ1v) is 11.6. The lowest BCUT2D eigenvalue weighted by molar-refractivity contribution is -0.390. The van der Waals surface area contributed by atoms with Gasteiger partial charge in [-0.15, -0.1) is 0 Å². The zero-order valence-corrected chi connectivity index (χ0v) is 19.1. The second-order valence-electron chi connectivity index (χ2n) is 8.22. The van der Waals surface area contributed by atoms with Gasteiger partial charge in [0.2, 0.25) is 5.88 Å². The number of hydrogen-bond acceptors (Lipinski definition) is 3. The van der Waals surface area contributed by atoms with Gasteiger partial charge in [-0.1, -0.05) is 60.7 Å². The average molecular weight is 449 g/mol. The number of fused-ring (bicyclic) bond motifs is 1. The van der Waals surface area contributed by atoms with E-state index in [0.29, 0.717) is 12.5 Å². The number of H-pyrrole nitrogens is 1. The molecule has 0 saturated carbocycles. The molecule has 0 bridgehead atoms. The molecule has 3 heterocycles. The highest BCUT2D eigenvalue weighted by Crippen LogP contribution is 2.35. The predicted molar refractivity (Wildman–Crippen MR) is 134 cm³/mol. The highest BCUT2D eigenvalue weighted by molar-refractivity contribution is 5.93. The number of ether oxygens (including phenoxy) is 1. The van der Waals surface area contributed by atoms with Crippen LogP contribution in [0.4, 0.5) is 0 Å². The average Bonchev–Trinajstić information content (AvgIpc) is 2.91. The Morgan fingerprint density at radius 2 is 1.68 bits per heavy atom. The Morgan fingerprint density at radius 1 is 0.853 bits per heavy atom. The molecule has 0 amide bonds. The summed E-state index contributed by atoms with van der Waals surface area (Å²) in [6.07, 6.45) is 5.54. The number of nitrogens with one attached hydrogen (secondary N) is 1. The van der Waals surface area contributed by atoms with Crippen molar-refractivity contribution in [2.75, 3.05) is 6.61 Å². The Morgan fingerprint density at radius 3 is 2.44 bits per heavy atom. The molecule has 0 atom stereocenters. The van der Waals surface area contributed by atoms with Gasteiger partial charge in [-0.3, -0.25) is 0 Å². The number of nitrogens with zero attached hydrogens (tertiary/aromatic N) is 2. The summed E-state index contributed by atoms with van der Waals surface area (Å²) in [5, 5.41) is 0.922. The molecular weight excluding hydrogens is 420 g/mol. The zero-order chi connectivity index (χ0) is 23.2. The van der Waals surface area contributed by atoms with E-state index in [-0.39, 0.29) is 0 Å². The minimum atomic E-state index is 0.587. The van der Waals surface area contributed by atoms with Crippen LogP contribution in [0.15, 0.2) is 97.3 Å². The van der Waals surface area contributed by atoms with E-state index in [1.807, 2.05) is 30.5 Å². The Bertz CT molecular complexity index is 1370. The Labute approximate surface area is 199 Å². The van der Waals surface area contributed by atoms with Gasteiger partial charge in [0.15, 0.2) is 11.9 Å². The van der Waals surface area contributed by atoms with Crippen LogP contribution in [-0.4, -0.2) is 16.6 Å². The molecule has 5 nitrogen and oxygen atoms in total. The Balaban J connectivity index is 1.49. The fourth-order valence-electron chi connectivity index (χ4n) is 4.09. The van der Waals surface area contributed by atoms with Gasteiger partial charge in [-0.05, 0) is 24.1 Å². The highest BCUT2D eigenvalue weighted by Gasteiger charge is 2.15. The third kappa shape index (κ3) is 4.80. The molecule has 5 heteroatoms. The summed E-state index contributed by atoms with van der Waals surface area (Å²) in [6.45, 7) is 1.36. The van der Waals surface area contributed by atoms with E-state index in [9.17, 15) is 0 Å². The van der Waals surface area contributed by atoms with Crippen molar-refractivity contribution < 1.29 is 15.5 Å². The quantitative estimate of drug-likeness (QED) is 0.354. The summed E-state index contributed by atoms with van der Waals surface area (Å²) in [5.41, 5.74) is 11.5. The lowest BCUT2D eigenvalue weighted by Gasteiger charge is -2.14. The van der Waals surface area contributed by atoms with Crippen molar-refractivity contribution in [3.63, 3.8) is 0 Å². The third-order valence-corrected chi connectivity index (χ3v) is 5.91. The van der Waals surface area contributed by atoms with E-state index in [0.717, 1.165) is 52.7 Å². The summed E-state index contributed by atoms with van der Waals surface area (Å²) in [4.78, 5) is 12.9. The molecule has 2 aromatic carbocycles. The largest absolute Gasteiger partial charge is 0.477 e. The van der Waals surface area contributed by atoms with Crippen molar-refractivity contribution in [1.29, 1.82) is 0 Å². The minimum absolute atomic E-state index is 0.587. The van der Waals surface area contributed by atoms with Crippen molar-refractivity contribution in [3.05, 3.63) is 109 Å². The van der Waals surface area contributed by atoms with Gasteiger partial charge in [-0.2, -0.15) is 0 Å². The number of hydrogen-bond donors (Lipinski definition) is 1. The molecule has 0 radical (unpaired) electrons. The van der Waals surface area contributed by atoms with Gasteiger partial charge in [0.25, 0.3) is 0 Å². The fraction of sp³-hybridized carbons (Fsp3) is 0.138. The molecule has 0 saturated heterocycles. The van der Waals surface area contributed by atoms with Gasteiger partial charge in [-0.25, -0.2) is 15.0 Å². The smallest absolute Gasteiger partial charge is 0.222 e. The Kier molecular flexibility index (Phi) is 6.54. The van der Waals surface area contributed by atoms with E-state index in [1.54, 1.807) is 6.20 Å². The van der Waals surface area contributed by atoms with Crippen LogP contribution >= 0.6 is 0 Å². The SMILES string of the molecule is [NH3+]Cc1ccc(-c2nc3ccnc(OCCCc4cccc[nH+]4)c3cc2-c2ccccc2)cc1. The van der Waals surface area contributed by atoms with E-state index in [4.69, 9.17) is 9.72 Å². The molecule has 34 heavy (non-hydrogen) atoms. The summed E-state index contributed by atoms with van der Waals surface area (Å²) in [7, 11) is 0. The van der Waals surface area contributed by atoms with E-state index < -0.39 is 0 Å². The van der Waals surface area contributed by atoms with Gasteiger partial charge in [0.05, 0.1) is 29.7 Å². The lowest BCUT2D eigenvalue weighted by Crippen LogP contribution is -2.47. The van der Waals surface area contributed by atoms with Crippen LogP contribution in [0.5, 0.6) is 5.88 Å². The first kappa shape index (κ1) is 21.7. The van der Waals surface area contributed by atoms with E-state index in [1.165, 1.54) is 11.3 Å². The highest BCUT2D eigenvalue weighted by atomic mass is 16.5. The number of aromatic amines is 1. The summed E-state index contributed by atoms with van der Waals surface area (Å²) >= 11 is 0. The zero-order valence-electron chi connectivity index (χ0n) is 19.1. The maximum absolute atomic E-state index is 6.14. The summed E-state index contributed by atoms with van der Waals surface area (Å²) < 4.78 is 6.14. The van der Waals surface area contributed by atoms with E-state index >= 15 is 0 Å². The van der Waals surface area contributed by atoms with Crippen LogP contribution in [0.3, 0.4) is 0 Å². The number of aryl methyl sites for hydroxylation is 1. The van der Waals surface area contributed by atoms with Crippen LogP contribution in [0, 0.1) is 0 Å². The lowest BCUT2D eigenvalue weighted by atomic mass is 9.97. The third-order valence-electron chi connectivity index (χ3n) is 5.91. The molecule has 0 aliphatic carbocycles. The topological polar surface area (TPSA) is 76.8 Å². The second-order valence-corrected chi connectivity index (χ2v) is 8.22. The number of rotatable bonds is 8. The van der Waals surface area contributed by atoms with Crippen LogP contribution in [0.2, 0.25) is 0 Å². The molecule has 0 aliphatic rings. The van der Waals surface area contributed by atoms with Crippen LogP contribution in [0.1, 0.15) is 17.7 Å². The summed E-state index contributed by atoms with van der Waals surface area (Å²) in [5.74, 6) is 0.623. The molecule has 4 N–H and O–H groups in total. The first-order valence-electron chi connectivity index (χ1n) is 11.6. The Hall–Kier alpha value is -4.09. The van der Waals surface area contributed by atoms with Gasteiger partial charge < -0.3 is 10.5 Å². The van der Waals surface area contributed by atoms with Crippen LogP contribution < -0.4 is 15.5 Å². The molecule has 5 aromatic rings. The molecule has 0 fully saturated rings. The molecule has 0 aliphatic heterocycles. The van der Waals surface area contributed by atoms with Crippen LogP contribution in [-0.2, 0) is 13.0 Å². The van der Waals surface area contributed by atoms with Crippen LogP contribution in [0.25, 0.3) is 33.3 Å². The number of pyridine rings is 3. The molecule has 168 valence electrons. The molecule has 5 rings (SSSR count). The molecule has 0 unspecified atom stereocenters. The number of quaternary nitrogens is 1.